The van der Waals surface area contributed by atoms with Gasteiger partial charge in [-0.1, -0.05) is 36.0 Å². The molecular weight excluding hydrogens is 487 g/mol. The van der Waals surface area contributed by atoms with E-state index in [1.807, 2.05) is 6.92 Å². The van der Waals surface area contributed by atoms with Gasteiger partial charge in [-0.05, 0) is 36.9 Å². The number of nitrogens with zero attached hydrogens (tertiary/aromatic N) is 5. The Hall–Kier alpha value is -2.38. The van der Waals surface area contributed by atoms with Crippen LogP contribution in [-0.2, 0) is 4.74 Å². The standard InChI is InChI=1S/C24H31FN6O4S/c1-3-8-36-24-27-22(26-16-10-14(16)13-5-4-12(2)15(25)9-13)19-23(28-24)31(30-29-19)17-11-18(35-7-6-32)21(34)20(17)33/h4-5,9,14,16-18,20-21,32-34H,3,6-8,10-11H2,1-2H3,(H,26,27,28)/t14-,16+,17+,18-,20-,21+/m0/s1/i6D2,10D2,11D2,16D,17D,18D,20D,21D. The van der Waals surface area contributed by atoms with Crippen molar-refractivity contribution in [2.45, 2.75) is 74.4 Å². The zero-order chi connectivity index (χ0) is 35.4. The van der Waals surface area contributed by atoms with Crippen molar-refractivity contribution in [3.63, 3.8) is 0 Å². The first-order valence-corrected chi connectivity index (χ1v) is 12.0. The molecule has 36 heavy (non-hydrogen) atoms. The van der Waals surface area contributed by atoms with Gasteiger partial charge in [0.05, 0.1) is 34.9 Å². The lowest BCUT2D eigenvalue weighted by Crippen LogP contribution is -2.33. The molecule has 0 unspecified atom stereocenters. The van der Waals surface area contributed by atoms with Crippen LogP contribution >= 0.6 is 11.8 Å². The van der Waals surface area contributed by atoms with Gasteiger partial charge in [0, 0.05) is 29.5 Å². The van der Waals surface area contributed by atoms with E-state index in [1.165, 1.54) is 19.1 Å². The zero-order valence-electron chi connectivity index (χ0n) is 30.2. The summed E-state index contributed by atoms with van der Waals surface area (Å²) in [4.78, 5) is 8.56. The molecule has 194 valence electrons. The third-order valence-corrected chi connectivity index (χ3v) is 6.44. The summed E-state index contributed by atoms with van der Waals surface area (Å²) < 4.78 is 112. The topological polar surface area (TPSA) is 138 Å². The maximum Gasteiger partial charge on any atom is 0.191 e. The van der Waals surface area contributed by atoms with Crippen LogP contribution in [0.5, 0.6) is 0 Å². The molecule has 4 N–H and O–H groups in total. The maximum atomic E-state index is 14.4. The van der Waals surface area contributed by atoms with Crippen molar-refractivity contribution in [2.24, 2.45) is 0 Å². The van der Waals surface area contributed by atoms with Crippen LogP contribution in [0.1, 0.15) is 64.2 Å². The molecule has 10 nitrogen and oxygen atoms in total. The lowest BCUT2D eigenvalue weighted by Gasteiger charge is -2.17. The summed E-state index contributed by atoms with van der Waals surface area (Å²) in [5.41, 5.74) is -0.526. The third-order valence-electron chi connectivity index (χ3n) is 5.39. The molecule has 2 aliphatic rings. The van der Waals surface area contributed by atoms with Gasteiger partial charge < -0.3 is 25.4 Å². The number of thioether (sulfide) groups is 1. The number of benzene rings is 1. The zero-order valence-corrected chi connectivity index (χ0v) is 20.0. The Morgan fingerprint density at radius 1 is 1.33 bits per heavy atom. The minimum atomic E-state index is -4.03. The summed E-state index contributed by atoms with van der Waals surface area (Å²) in [6.45, 7) is -1.36. The first-order chi connectivity index (χ1) is 21.4. The van der Waals surface area contributed by atoms with E-state index in [0.29, 0.717) is 17.7 Å². The van der Waals surface area contributed by atoms with Gasteiger partial charge in [0.2, 0.25) is 0 Å². The summed E-state index contributed by atoms with van der Waals surface area (Å²) in [5.74, 6) is -1.74. The average Bonchev–Trinajstić information content (AvgIpc) is 3.20. The van der Waals surface area contributed by atoms with E-state index < -0.39 is 79.1 Å². The van der Waals surface area contributed by atoms with Gasteiger partial charge in [-0.25, -0.2) is 19.0 Å². The minimum Gasteiger partial charge on any atom is -0.394 e. The lowest BCUT2D eigenvalue weighted by molar-refractivity contribution is -0.0629. The van der Waals surface area contributed by atoms with Gasteiger partial charge in [-0.2, -0.15) is 0 Å². The maximum absolute atomic E-state index is 14.4. The van der Waals surface area contributed by atoms with Gasteiger partial charge in [0.1, 0.15) is 18.0 Å². The second-order valence-electron chi connectivity index (χ2n) is 7.95. The summed E-state index contributed by atoms with van der Waals surface area (Å²) in [5, 5.41) is 41.8. The Morgan fingerprint density at radius 3 is 2.92 bits per heavy atom. The van der Waals surface area contributed by atoms with E-state index in [-0.39, 0.29) is 21.2 Å². The van der Waals surface area contributed by atoms with E-state index in [9.17, 15) is 19.7 Å². The lowest BCUT2D eigenvalue weighted by atomic mass is 10.1. The number of fused-ring (bicyclic) bond motifs is 1. The fourth-order valence-electron chi connectivity index (χ4n) is 3.49. The molecule has 0 bridgehead atoms. The molecule has 2 aliphatic carbocycles. The summed E-state index contributed by atoms with van der Waals surface area (Å²) in [6.07, 6.45) is -17.3. The molecule has 1 aromatic carbocycles. The average molecular weight is 530 g/mol. The molecule has 12 heteroatoms. The number of anilines is 1. The molecule has 6 atom stereocenters. The van der Waals surface area contributed by atoms with Crippen molar-refractivity contribution < 1.29 is 39.5 Å². The highest BCUT2D eigenvalue weighted by Crippen LogP contribution is 2.44. The van der Waals surface area contributed by atoms with Crippen LogP contribution in [0.25, 0.3) is 11.2 Å². The second kappa shape index (κ2) is 10.5. The number of aromatic nitrogens is 5. The molecule has 5 rings (SSSR count). The van der Waals surface area contributed by atoms with Gasteiger partial charge in [-0.3, -0.25) is 0 Å². The van der Waals surface area contributed by atoms with Crippen molar-refractivity contribution in [3.8, 4) is 0 Å². The summed E-state index contributed by atoms with van der Waals surface area (Å²) in [6, 6.07) is -1.82. The van der Waals surface area contributed by atoms with Crippen molar-refractivity contribution in [1.29, 1.82) is 0 Å². The Bertz CT molecular complexity index is 1730. The van der Waals surface area contributed by atoms with Crippen LogP contribution in [0.3, 0.4) is 0 Å². The predicted octanol–water partition coefficient (Wildman–Crippen LogP) is 2.18. The Labute approximate surface area is 227 Å². The Kier molecular flexibility index (Phi) is 4.43. The molecule has 3 aromatic rings. The number of nitrogens with one attached hydrogen (secondary N) is 1. The van der Waals surface area contributed by atoms with Crippen LogP contribution in [-0.4, -0.2) is 83.5 Å². The van der Waals surface area contributed by atoms with E-state index in [2.05, 4.69) is 25.6 Å². The minimum absolute atomic E-state index is 0.0909. The number of aryl methyl sites for hydroxylation is 1. The molecular formula is C24H31FN6O4S. The van der Waals surface area contributed by atoms with E-state index in [1.54, 1.807) is 0 Å². The second-order valence-corrected chi connectivity index (χ2v) is 9.01. The smallest absolute Gasteiger partial charge is 0.191 e. The number of hydrogen-bond acceptors (Lipinski definition) is 10. The van der Waals surface area contributed by atoms with Crippen LogP contribution in [0, 0.1) is 12.7 Å². The van der Waals surface area contributed by atoms with Crippen molar-refractivity contribution >= 4 is 28.7 Å². The molecule has 0 amide bonds. The van der Waals surface area contributed by atoms with Crippen LogP contribution < -0.4 is 5.32 Å². The van der Waals surface area contributed by atoms with Crippen molar-refractivity contribution in [2.75, 3.05) is 24.2 Å². The van der Waals surface area contributed by atoms with Crippen LogP contribution in [0.2, 0.25) is 0 Å². The number of hydrogen-bond donors (Lipinski definition) is 4. The molecule has 0 spiro atoms. The fraction of sp³-hybridized carbons (Fsp3) is 0.583. The fourth-order valence-corrected chi connectivity index (χ4v) is 4.18. The molecule has 2 fully saturated rings. The molecule has 2 aromatic heterocycles. The number of rotatable bonds is 10. The molecule has 0 aliphatic heterocycles. The molecule has 0 radical (unpaired) electrons. The summed E-state index contributed by atoms with van der Waals surface area (Å²) in [7, 11) is 0. The van der Waals surface area contributed by atoms with Crippen molar-refractivity contribution in [1.82, 2.24) is 25.0 Å². The van der Waals surface area contributed by atoms with E-state index in [0.717, 1.165) is 17.8 Å². The highest BCUT2D eigenvalue weighted by molar-refractivity contribution is 7.99. The van der Waals surface area contributed by atoms with Crippen molar-refractivity contribution in [3.05, 3.63) is 35.1 Å². The quantitative estimate of drug-likeness (QED) is 0.228. The van der Waals surface area contributed by atoms with Gasteiger partial charge >= 0.3 is 0 Å². The first kappa shape index (κ1) is 15.1. The normalized spacial score (nSPS) is 45.5. The highest BCUT2D eigenvalue weighted by atomic mass is 32.2. The largest absolute Gasteiger partial charge is 0.394 e. The monoisotopic (exact) mass is 529 g/mol. The third kappa shape index (κ3) is 4.92. The van der Waals surface area contributed by atoms with Crippen LogP contribution in [0.4, 0.5) is 10.2 Å². The number of halogens is 1. The Morgan fingerprint density at radius 2 is 2.17 bits per heavy atom. The van der Waals surface area contributed by atoms with Gasteiger partial charge in [0.15, 0.2) is 22.1 Å². The molecule has 2 saturated carbocycles. The van der Waals surface area contributed by atoms with Crippen LogP contribution in [0.15, 0.2) is 23.4 Å². The van der Waals surface area contributed by atoms with E-state index in [4.69, 9.17) is 19.8 Å². The highest BCUT2D eigenvalue weighted by Gasteiger charge is 2.45. The Balaban J connectivity index is 1.67. The first-order valence-electron chi connectivity index (χ1n) is 16.5. The molecule has 2 heterocycles. The molecule has 0 saturated heterocycles. The van der Waals surface area contributed by atoms with Gasteiger partial charge in [-0.15, -0.1) is 5.10 Å². The van der Waals surface area contributed by atoms with Gasteiger partial charge in [0.25, 0.3) is 0 Å². The number of aliphatic hydroxyl groups is 3. The van der Waals surface area contributed by atoms with E-state index >= 15 is 0 Å². The number of ether oxygens (including phenoxy) is 1. The summed E-state index contributed by atoms with van der Waals surface area (Å²) >= 11 is 1.04. The SMILES string of the molecule is [2H]C([2H])(O)CO[C@@]1([2H])C([2H])([2H])[C@@]([2H])(n2nnc3c(N[C@@]4([2H])[C@H](c5ccc(C)c(F)c5)C4([2H])[2H])nc(SCCC)nc32)[C@]([2H])(O)[C@]1([2H])O. The predicted molar refractivity (Wildman–Crippen MR) is 133 cm³/mol.